The predicted octanol–water partition coefficient (Wildman–Crippen LogP) is 6.74. The number of hydrogen-bond acceptors (Lipinski definition) is 5. The Kier molecular flexibility index (Phi) is 5.81. The number of aryl methyl sites for hydroxylation is 1. The Bertz CT molecular complexity index is 1490. The minimum absolute atomic E-state index is 0.108. The standard InChI is InChI=1S/C32H36N4O2/c1-21-6-5-7-24-22(19-34-30(21)24)13-17-36-20-32(14-3-2-4-15-32)38-29-18-23(8-10-27(29)36)35-26-12-16-33-31-25(26)9-11-28(31)37/h5-8,10,12,16,18-19,28,34,37H,2-4,9,11,13-15,17,20H2,1H3,(H,33,35). The number of H-pyrrole nitrogens is 1. The number of pyridine rings is 1. The van der Waals surface area contributed by atoms with Gasteiger partial charge < -0.3 is 25.0 Å². The molecule has 6 nitrogen and oxygen atoms in total. The van der Waals surface area contributed by atoms with E-state index in [-0.39, 0.29) is 5.60 Å². The highest BCUT2D eigenvalue weighted by molar-refractivity contribution is 5.86. The lowest BCUT2D eigenvalue weighted by molar-refractivity contribution is 0.0286. The van der Waals surface area contributed by atoms with Crippen LogP contribution in [-0.4, -0.2) is 33.8 Å². The lowest BCUT2D eigenvalue weighted by Gasteiger charge is -2.46. The summed E-state index contributed by atoms with van der Waals surface area (Å²) in [6, 6.07) is 15.1. The smallest absolute Gasteiger partial charge is 0.145 e. The summed E-state index contributed by atoms with van der Waals surface area (Å²) < 4.78 is 6.86. The molecule has 1 unspecified atom stereocenters. The van der Waals surface area contributed by atoms with Crippen molar-refractivity contribution < 1.29 is 9.84 Å². The largest absolute Gasteiger partial charge is 0.483 e. The molecule has 1 saturated carbocycles. The Morgan fingerprint density at radius 2 is 2.05 bits per heavy atom. The van der Waals surface area contributed by atoms with Crippen molar-refractivity contribution in [1.82, 2.24) is 9.97 Å². The second kappa shape index (κ2) is 9.35. The predicted molar refractivity (Wildman–Crippen MR) is 153 cm³/mol. The minimum atomic E-state index is -0.459. The number of aliphatic hydroxyl groups excluding tert-OH is 1. The lowest BCUT2D eigenvalue weighted by Crippen LogP contribution is -2.52. The SMILES string of the molecule is Cc1cccc2c(CCN3CC4(CCCCC4)Oc4cc(Nc5ccnc6c5CCC6O)ccc43)c[nH]c12. The third-order valence-electron chi connectivity index (χ3n) is 8.88. The molecular weight excluding hydrogens is 472 g/mol. The monoisotopic (exact) mass is 508 g/mol. The number of ether oxygens (including phenoxy) is 1. The maximum Gasteiger partial charge on any atom is 0.145 e. The number of rotatable bonds is 5. The normalized spacial score (nSPS) is 19.8. The molecule has 1 fully saturated rings. The first kappa shape index (κ1) is 23.6. The molecule has 0 saturated heterocycles. The molecule has 1 aliphatic heterocycles. The van der Waals surface area contributed by atoms with E-state index in [0.29, 0.717) is 0 Å². The van der Waals surface area contributed by atoms with Crippen molar-refractivity contribution in [2.45, 2.75) is 70.0 Å². The van der Waals surface area contributed by atoms with E-state index in [4.69, 9.17) is 4.74 Å². The van der Waals surface area contributed by atoms with Crippen molar-refractivity contribution in [3.8, 4) is 5.75 Å². The molecule has 7 rings (SSSR count). The molecule has 1 spiro atoms. The first-order valence-electron chi connectivity index (χ1n) is 14.2. The Hall–Kier alpha value is -3.51. The Balaban J connectivity index is 1.18. The molecule has 2 aromatic carbocycles. The number of nitrogens with zero attached hydrogens (tertiary/aromatic N) is 2. The first-order valence-corrected chi connectivity index (χ1v) is 14.2. The van der Waals surface area contributed by atoms with Crippen molar-refractivity contribution in [2.24, 2.45) is 0 Å². The van der Waals surface area contributed by atoms with Crippen LogP contribution in [0.1, 0.15) is 67.0 Å². The Labute approximate surface area is 224 Å². The van der Waals surface area contributed by atoms with E-state index in [2.05, 4.69) is 69.7 Å². The molecular formula is C32H36N4O2. The fourth-order valence-corrected chi connectivity index (χ4v) is 6.86. The molecule has 2 aliphatic carbocycles. The molecule has 3 N–H and O–H groups in total. The number of aromatic amines is 1. The Morgan fingerprint density at radius 3 is 2.95 bits per heavy atom. The van der Waals surface area contributed by atoms with Gasteiger partial charge in [0, 0.05) is 47.3 Å². The van der Waals surface area contributed by atoms with Crippen LogP contribution in [0.3, 0.4) is 0 Å². The van der Waals surface area contributed by atoms with E-state index >= 15 is 0 Å². The van der Waals surface area contributed by atoms with Gasteiger partial charge in [-0.05, 0) is 86.8 Å². The van der Waals surface area contributed by atoms with Gasteiger partial charge in [0.05, 0.1) is 24.0 Å². The molecule has 3 aliphatic rings. The van der Waals surface area contributed by atoms with E-state index in [1.54, 1.807) is 6.20 Å². The maximum absolute atomic E-state index is 10.3. The van der Waals surface area contributed by atoms with Gasteiger partial charge in [-0.3, -0.25) is 4.98 Å². The van der Waals surface area contributed by atoms with Crippen LogP contribution in [0.5, 0.6) is 5.75 Å². The van der Waals surface area contributed by atoms with Crippen LogP contribution in [0.2, 0.25) is 0 Å². The quantitative estimate of drug-likeness (QED) is 0.278. The van der Waals surface area contributed by atoms with E-state index in [1.165, 1.54) is 47.0 Å². The van der Waals surface area contributed by atoms with E-state index in [1.807, 2.05) is 6.07 Å². The maximum atomic E-state index is 10.3. The van der Waals surface area contributed by atoms with Crippen molar-refractivity contribution in [3.05, 3.63) is 77.2 Å². The third-order valence-corrected chi connectivity index (χ3v) is 8.88. The lowest BCUT2D eigenvalue weighted by atomic mass is 9.83. The number of benzene rings is 2. The molecule has 38 heavy (non-hydrogen) atoms. The molecule has 1 atom stereocenters. The molecule has 3 heterocycles. The first-order chi connectivity index (χ1) is 18.6. The van der Waals surface area contributed by atoms with Crippen LogP contribution in [0, 0.1) is 6.92 Å². The number of anilines is 3. The van der Waals surface area contributed by atoms with Crippen LogP contribution in [0.25, 0.3) is 10.9 Å². The molecule has 4 aromatic rings. The number of para-hydroxylation sites is 1. The van der Waals surface area contributed by atoms with Crippen molar-refractivity contribution in [3.63, 3.8) is 0 Å². The van der Waals surface area contributed by atoms with Gasteiger partial charge in [-0.15, -0.1) is 0 Å². The molecule has 0 amide bonds. The van der Waals surface area contributed by atoms with Crippen LogP contribution in [0.4, 0.5) is 17.1 Å². The fourth-order valence-electron chi connectivity index (χ4n) is 6.86. The van der Waals surface area contributed by atoms with Crippen molar-refractivity contribution >= 4 is 28.0 Å². The third kappa shape index (κ3) is 4.11. The number of fused-ring (bicyclic) bond motifs is 3. The summed E-state index contributed by atoms with van der Waals surface area (Å²) in [5.41, 5.74) is 8.96. The van der Waals surface area contributed by atoms with Gasteiger partial charge in [-0.2, -0.15) is 0 Å². The van der Waals surface area contributed by atoms with Gasteiger partial charge in [-0.1, -0.05) is 24.6 Å². The van der Waals surface area contributed by atoms with E-state index in [9.17, 15) is 5.11 Å². The molecule has 0 bridgehead atoms. The average molecular weight is 509 g/mol. The Morgan fingerprint density at radius 1 is 1.16 bits per heavy atom. The number of nitrogens with one attached hydrogen (secondary N) is 2. The minimum Gasteiger partial charge on any atom is -0.483 e. The second-order valence-corrected chi connectivity index (χ2v) is 11.4. The molecule has 6 heteroatoms. The summed E-state index contributed by atoms with van der Waals surface area (Å²) in [6.45, 7) is 4.08. The van der Waals surface area contributed by atoms with Crippen LogP contribution in [-0.2, 0) is 12.8 Å². The van der Waals surface area contributed by atoms with Gasteiger partial charge in [-0.25, -0.2) is 0 Å². The van der Waals surface area contributed by atoms with Crippen molar-refractivity contribution in [2.75, 3.05) is 23.3 Å². The van der Waals surface area contributed by atoms with Gasteiger partial charge in [0.1, 0.15) is 11.4 Å². The summed E-state index contributed by atoms with van der Waals surface area (Å²) in [5.74, 6) is 0.976. The van der Waals surface area contributed by atoms with Crippen LogP contribution >= 0.6 is 0 Å². The number of aliphatic hydroxyl groups is 1. The summed E-state index contributed by atoms with van der Waals surface area (Å²) in [4.78, 5) is 10.5. The zero-order valence-corrected chi connectivity index (χ0v) is 22.1. The van der Waals surface area contributed by atoms with Crippen molar-refractivity contribution in [1.29, 1.82) is 0 Å². The van der Waals surface area contributed by atoms with E-state index < -0.39 is 6.10 Å². The zero-order chi connectivity index (χ0) is 25.7. The summed E-state index contributed by atoms with van der Waals surface area (Å²) >= 11 is 0. The number of aromatic nitrogens is 2. The highest BCUT2D eigenvalue weighted by Crippen LogP contribution is 2.45. The summed E-state index contributed by atoms with van der Waals surface area (Å²) in [5, 5.41) is 15.2. The fraction of sp³-hybridized carbons (Fsp3) is 0.406. The van der Waals surface area contributed by atoms with Gasteiger partial charge in [0.15, 0.2) is 0 Å². The molecule has 0 radical (unpaired) electrons. The topological polar surface area (TPSA) is 73.4 Å². The summed E-state index contributed by atoms with van der Waals surface area (Å²) in [6.07, 6.45) is 12.1. The number of hydrogen-bond donors (Lipinski definition) is 3. The highest BCUT2D eigenvalue weighted by Gasteiger charge is 2.40. The second-order valence-electron chi connectivity index (χ2n) is 11.4. The van der Waals surface area contributed by atoms with Gasteiger partial charge in [0.2, 0.25) is 0 Å². The van der Waals surface area contributed by atoms with Crippen LogP contribution < -0.4 is 15.0 Å². The highest BCUT2D eigenvalue weighted by atomic mass is 16.5. The van der Waals surface area contributed by atoms with E-state index in [0.717, 1.165) is 73.6 Å². The zero-order valence-electron chi connectivity index (χ0n) is 22.1. The van der Waals surface area contributed by atoms with Crippen LogP contribution in [0.15, 0.2) is 54.9 Å². The van der Waals surface area contributed by atoms with Gasteiger partial charge >= 0.3 is 0 Å². The molecule has 2 aromatic heterocycles. The summed E-state index contributed by atoms with van der Waals surface area (Å²) in [7, 11) is 0. The molecule has 196 valence electrons. The average Bonchev–Trinajstić information content (AvgIpc) is 3.52. The van der Waals surface area contributed by atoms with Gasteiger partial charge in [0.25, 0.3) is 0 Å².